The van der Waals surface area contributed by atoms with Crippen LogP contribution in [0.2, 0.25) is 0 Å². The molecule has 12 heavy (non-hydrogen) atoms. The van der Waals surface area contributed by atoms with Crippen molar-refractivity contribution in [3.8, 4) is 0 Å². The van der Waals surface area contributed by atoms with Gasteiger partial charge in [0.2, 0.25) is 0 Å². The first kappa shape index (κ1) is 9.01. The minimum Gasteiger partial charge on any atom is -0.381 e. The topological polar surface area (TPSA) is 9.23 Å². The van der Waals surface area contributed by atoms with E-state index in [1.54, 1.807) is 0 Å². The molecule has 1 saturated heterocycles. The zero-order chi connectivity index (χ0) is 8.82. The van der Waals surface area contributed by atoms with Gasteiger partial charge in [-0.25, -0.2) is 0 Å². The first-order valence-electron chi connectivity index (χ1n) is 4.79. The lowest BCUT2D eigenvalue weighted by molar-refractivity contribution is 0.0423. The summed E-state index contributed by atoms with van der Waals surface area (Å²) in [5.41, 5.74) is 1.18. The summed E-state index contributed by atoms with van der Waals surface area (Å²) >= 11 is 3.62. The van der Waals surface area contributed by atoms with Gasteiger partial charge in [0, 0.05) is 18.5 Å². The third-order valence-corrected chi connectivity index (χ3v) is 4.92. The minimum atomic E-state index is 0.556. The van der Waals surface area contributed by atoms with Gasteiger partial charge >= 0.3 is 0 Å². The molecule has 70 valence electrons. The molecule has 1 atom stereocenters. The Balaban J connectivity index is 2.12. The highest BCUT2D eigenvalue weighted by Crippen LogP contribution is 2.73. The van der Waals surface area contributed by atoms with Crippen LogP contribution in [0.3, 0.4) is 0 Å². The molecule has 2 heteroatoms. The van der Waals surface area contributed by atoms with Gasteiger partial charge in [0.1, 0.15) is 0 Å². The van der Waals surface area contributed by atoms with Crippen LogP contribution in [-0.2, 0) is 4.74 Å². The van der Waals surface area contributed by atoms with Crippen LogP contribution in [0, 0.1) is 16.7 Å². The predicted octanol–water partition coefficient (Wildman–Crippen LogP) is 2.83. The van der Waals surface area contributed by atoms with E-state index in [0.29, 0.717) is 10.8 Å². The molecule has 0 bridgehead atoms. The molecule has 1 saturated carbocycles. The van der Waals surface area contributed by atoms with Gasteiger partial charge < -0.3 is 4.74 Å². The molecule has 0 N–H and O–H groups in total. The number of halogens is 1. The Labute approximate surface area is 83.0 Å². The fourth-order valence-corrected chi connectivity index (χ4v) is 4.56. The molecular formula is C10H17BrO. The summed E-state index contributed by atoms with van der Waals surface area (Å²) in [7, 11) is 0. The van der Waals surface area contributed by atoms with Gasteiger partial charge in [0.15, 0.2) is 0 Å². The quantitative estimate of drug-likeness (QED) is 0.633. The first-order chi connectivity index (χ1) is 5.65. The summed E-state index contributed by atoms with van der Waals surface area (Å²) in [5, 5.41) is 1.17. The van der Waals surface area contributed by atoms with Gasteiger partial charge in [-0.2, -0.15) is 0 Å². The number of hydrogen-bond acceptors (Lipinski definition) is 1. The van der Waals surface area contributed by atoms with Gasteiger partial charge in [0.05, 0.1) is 0 Å². The van der Waals surface area contributed by atoms with Crippen LogP contribution in [0.4, 0.5) is 0 Å². The average molecular weight is 233 g/mol. The normalized spacial score (nSPS) is 36.8. The highest BCUT2D eigenvalue weighted by molar-refractivity contribution is 9.09. The molecular weight excluding hydrogens is 216 g/mol. The Morgan fingerprint density at radius 3 is 2.33 bits per heavy atom. The van der Waals surface area contributed by atoms with Gasteiger partial charge in [-0.1, -0.05) is 29.8 Å². The number of hydrogen-bond donors (Lipinski definition) is 0. The van der Waals surface area contributed by atoms with Gasteiger partial charge in [-0.3, -0.25) is 0 Å². The first-order valence-corrected chi connectivity index (χ1v) is 5.91. The highest BCUT2D eigenvalue weighted by atomic mass is 79.9. The molecule has 0 amide bonds. The van der Waals surface area contributed by atoms with Crippen molar-refractivity contribution in [3.05, 3.63) is 0 Å². The monoisotopic (exact) mass is 232 g/mol. The molecule has 1 spiro atoms. The van der Waals surface area contributed by atoms with E-state index in [2.05, 4.69) is 29.8 Å². The molecule has 0 radical (unpaired) electrons. The molecule has 1 nitrogen and oxygen atoms in total. The van der Waals surface area contributed by atoms with Crippen molar-refractivity contribution in [1.82, 2.24) is 0 Å². The van der Waals surface area contributed by atoms with E-state index < -0.39 is 0 Å². The largest absolute Gasteiger partial charge is 0.381 e. The van der Waals surface area contributed by atoms with Crippen molar-refractivity contribution in [2.45, 2.75) is 26.7 Å². The van der Waals surface area contributed by atoms with E-state index in [1.807, 2.05) is 0 Å². The summed E-state index contributed by atoms with van der Waals surface area (Å²) in [5.74, 6) is 0.883. The van der Waals surface area contributed by atoms with E-state index in [-0.39, 0.29) is 0 Å². The standard InChI is InChI=1S/C10H17BrO/c1-9(2)8(7-11)10(9)3-5-12-6-4-10/h8H,3-7H2,1-2H3. The summed E-state index contributed by atoms with van der Waals surface area (Å²) in [6, 6.07) is 0. The zero-order valence-electron chi connectivity index (χ0n) is 7.90. The maximum atomic E-state index is 5.42. The van der Waals surface area contributed by atoms with Crippen LogP contribution in [0.5, 0.6) is 0 Å². The SMILES string of the molecule is CC1(C)C(CBr)C12CCOCC2. The molecule has 0 aromatic carbocycles. The number of ether oxygens (including phenoxy) is 1. The molecule has 2 fully saturated rings. The fraction of sp³-hybridized carbons (Fsp3) is 1.00. The van der Waals surface area contributed by atoms with Gasteiger partial charge in [0.25, 0.3) is 0 Å². The van der Waals surface area contributed by atoms with Crippen molar-refractivity contribution in [2.75, 3.05) is 18.5 Å². The lowest BCUT2D eigenvalue weighted by atomic mass is 9.88. The molecule has 1 heterocycles. The van der Waals surface area contributed by atoms with E-state index in [1.165, 1.54) is 18.2 Å². The van der Waals surface area contributed by atoms with E-state index in [4.69, 9.17) is 4.74 Å². The van der Waals surface area contributed by atoms with Crippen LogP contribution >= 0.6 is 15.9 Å². The van der Waals surface area contributed by atoms with Crippen molar-refractivity contribution >= 4 is 15.9 Å². The Morgan fingerprint density at radius 1 is 1.33 bits per heavy atom. The third-order valence-electron chi connectivity index (χ3n) is 4.28. The van der Waals surface area contributed by atoms with Gasteiger partial charge in [-0.15, -0.1) is 0 Å². The summed E-state index contributed by atoms with van der Waals surface area (Å²) in [6.07, 6.45) is 2.55. The molecule has 0 aromatic heterocycles. The van der Waals surface area contributed by atoms with Crippen molar-refractivity contribution in [3.63, 3.8) is 0 Å². The van der Waals surface area contributed by atoms with Crippen LogP contribution in [-0.4, -0.2) is 18.5 Å². The Morgan fingerprint density at radius 2 is 1.92 bits per heavy atom. The summed E-state index contributed by atoms with van der Waals surface area (Å²) < 4.78 is 5.42. The second-order valence-electron chi connectivity index (χ2n) is 4.70. The minimum absolute atomic E-state index is 0.556. The smallest absolute Gasteiger partial charge is 0.0471 e. The van der Waals surface area contributed by atoms with Crippen LogP contribution in [0.15, 0.2) is 0 Å². The van der Waals surface area contributed by atoms with Crippen molar-refractivity contribution < 1.29 is 4.74 Å². The van der Waals surface area contributed by atoms with Crippen LogP contribution in [0.25, 0.3) is 0 Å². The van der Waals surface area contributed by atoms with Crippen molar-refractivity contribution in [1.29, 1.82) is 0 Å². The third kappa shape index (κ3) is 0.941. The molecule has 0 aromatic rings. The maximum Gasteiger partial charge on any atom is 0.0471 e. The number of alkyl halides is 1. The molecule has 2 aliphatic rings. The van der Waals surface area contributed by atoms with Crippen LogP contribution < -0.4 is 0 Å². The molecule has 1 aliphatic carbocycles. The van der Waals surface area contributed by atoms with E-state index in [9.17, 15) is 0 Å². The average Bonchev–Trinajstić information content (AvgIpc) is 2.49. The molecule has 1 unspecified atom stereocenters. The lowest BCUT2D eigenvalue weighted by Crippen LogP contribution is -2.21. The Bertz CT molecular complexity index is 182. The molecule has 1 aliphatic heterocycles. The zero-order valence-corrected chi connectivity index (χ0v) is 9.49. The highest BCUT2D eigenvalue weighted by Gasteiger charge is 2.69. The van der Waals surface area contributed by atoms with Crippen LogP contribution in [0.1, 0.15) is 26.7 Å². The Kier molecular flexibility index (Phi) is 2.04. The summed E-state index contributed by atoms with van der Waals surface area (Å²) in [4.78, 5) is 0. The fourth-order valence-electron chi connectivity index (χ4n) is 3.13. The van der Waals surface area contributed by atoms with E-state index in [0.717, 1.165) is 19.1 Å². The van der Waals surface area contributed by atoms with E-state index >= 15 is 0 Å². The van der Waals surface area contributed by atoms with Crippen molar-refractivity contribution in [2.24, 2.45) is 16.7 Å². The Hall–Kier alpha value is 0.440. The number of rotatable bonds is 1. The maximum absolute atomic E-state index is 5.42. The second-order valence-corrected chi connectivity index (χ2v) is 5.34. The lowest BCUT2D eigenvalue weighted by Gasteiger charge is -2.25. The van der Waals surface area contributed by atoms with Gasteiger partial charge in [-0.05, 0) is 29.6 Å². The molecule has 2 rings (SSSR count). The predicted molar refractivity (Wildman–Crippen MR) is 53.6 cm³/mol. The second kappa shape index (κ2) is 2.71. The summed E-state index contributed by atoms with van der Waals surface area (Å²) in [6.45, 7) is 6.77.